The predicted octanol–water partition coefficient (Wildman–Crippen LogP) is 2.27. The van der Waals surface area contributed by atoms with Crippen LogP contribution < -0.4 is 5.32 Å². The molecular weight excluding hydrogens is 352 g/mol. The Morgan fingerprint density at radius 2 is 2.05 bits per heavy atom. The monoisotopic (exact) mass is 371 g/mol. The zero-order chi connectivity index (χ0) is 16.3. The summed E-state index contributed by atoms with van der Waals surface area (Å²) in [4.78, 5) is 22.8. The number of carbonyl (C=O) groups excluding carboxylic acids is 1. The van der Waals surface area contributed by atoms with E-state index in [1.165, 1.54) is 18.2 Å². The molecule has 0 atom stereocenters. The first-order valence-corrected chi connectivity index (χ1v) is 8.10. The van der Waals surface area contributed by atoms with Gasteiger partial charge in [0.05, 0.1) is 23.6 Å². The highest BCUT2D eigenvalue weighted by Gasteiger charge is 2.36. The van der Waals surface area contributed by atoms with Gasteiger partial charge in [-0.15, -0.1) is 0 Å². The van der Waals surface area contributed by atoms with Crippen LogP contribution in [0.1, 0.15) is 37.0 Å². The minimum atomic E-state index is -0.588. The second kappa shape index (κ2) is 6.75. The van der Waals surface area contributed by atoms with E-state index >= 15 is 0 Å². The van der Waals surface area contributed by atoms with Gasteiger partial charge >= 0.3 is 5.97 Å². The molecule has 1 aromatic rings. The third kappa shape index (κ3) is 3.64. The first-order valence-electron chi connectivity index (χ1n) is 7.31. The number of carbonyl (C=O) groups is 1. The molecule has 0 aliphatic carbocycles. The molecule has 1 aliphatic rings. The molecule has 0 bridgehead atoms. The summed E-state index contributed by atoms with van der Waals surface area (Å²) in [7, 11) is 0. The zero-order valence-electron chi connectivity index (χ0n) is 12.7. The normalized spacial score (nSPS) is 16.3. The van der Waals surface area contributed by atoms with Gasteiger partial charge in [-0.25, -0.2) is 4.79 Å². The van der Waals surface area contributed by atoms with Crippen molar-refractivity contribution in [3.63, 3.8) is 0 Å². The molecule has 0 saturated carbocycles. The molecule has 120 valence electrons. The average molecular weight is 372 g/mol. The standard InChI is InChI=1S/C15H19BrN2O4/c1-15(2,10-6-8-17-9-7-10)22-14(19)11-4-3-5-12(13(11)16)18(20)21/h3-5,10,17H,6-9H2,1-2H3/p+1. The lowest BCUT2D eigenvalue weighted by Crippen LogP contribution is -2.86. The number of esters is 1. The van der Waals surface area contributed by atoms with Gasteiger partial charge in [-0.2, -0.15) is 0 Å². The molecule has 1 fully saturated rings. The van der Waals surface area contributed by atoms with Gasteiger partial charge in [0.2, 0.25) is 0 Å². The van der Waals surface area contributed by atoms with Crippen molar-refractivity contribution < 1.29 is 19.8 Å². The molecular formula is C15H20BrN2O4+. The van der Waals surface area contributed by atoms with E-state index in [9.17, 15) is 14.9 Å². The third-order valence-corrected chi connectivity index (χ3v) is 5.01. The molecule has 2 rings (SSSR count). The second-order valence-electron chi connectivity index (χ2n) is 6.03. The minimum Gasteiger partial charge on any atom is -0.456 e. The Labute approximate surface area is 137 Å². The smallest absolute Gasteiger partial charge is 0.340 e. The van der Waals surface area contributed by atoms with Crippen molar-refractivity contribution in [2.75, 3.05) is 13.1 Å². The van der Waals surface area contributed by atoms with Crippen molar-refractivity contribution in [1.82, 2.24) is 0 Å². The fourth-order valence-corrected chi connectivity index (χ4v) is 3.39. The molecule has 0 amide bonds. The number of hydrogen-bond donors (Lipinski definition) is 1. The van der Waals surface area contributed by atoms with E-state index in [4.69, 9.17) is 4.74 Å². The quantitative estimate of drug-likeness (QED) is 0.499. The molecule has 1 saturated heterocycles. The fourth-order valence-electron chi connectivity index (χ4n) is 2.82. The van der Waals surface area contributed by atoms with Crippen LogP contribution in [-0.2, 0) is 4.74 Å². The summed E-state index contributed by atoms with van der Waals surface area (Å²) in [5, 5.41) is 13.2. The summed E-state index contributed by atoms with van der Waals surface area (Å²) in [5.41, 5.74) is -0.542. The highest BCUT2D eigenvalue weighted by atomic mass is 79.9. The van der Waals surface area contributed by atoms with Crippen LogP contribution in [0.2, 0.25) is 0 Å². The Balaban J connectivity index is 2.18. The van der Waals surface area contributed by atoms with Crippen LogP contribution in [0.5, 0.6) is 0 Å². The Morgan fingerprint density at radius 3 is 2.64 bits per heavy atom. The molecule has 0 aromatic heterocycles. The van der Waals surface area contributed by atoms with Crippen molar-refractivity contribution in [1.29, 1.82) is 0 Å². The summed E-state index contributed by atoms with van der Waals surface area (Å²) in [6.45, 7) is 5.89. The molecule has 7 heteroatoms. The molecule has 2 N–H and O–H groups in total. The number of nitro benzene ring substituents is 1. The number of quaternary nitrogens is 1. The van der Waals surface area contributed by atoms with E-state index in [0.29, 0.717) is 5.92 Å². The maximum atomic E-state index is 12.4. The van der Waals surface area contributed by atoms with Gasteiger partial charge in [0, 0.05) is 24.8 Å². The predicted molar refractivity (Wildman–Crippen MR) is 84.7 cm³/mol. The number of piperidine rings is 1. The van der Waals surface area contributed by atoms with Gasteiger partial charge in [0.1, 0.15) is 10.1 Å². The Morgan fingerprint density at radius 1 is 1.41 bits per heavy atom. The van der Waals surface area contributed by atoms with E-state index in [1.54, 1.807) is 0 Å². The first-order chi connectivity index (χ1) is 10.3. The lowest BCUT2D eigenvalue weighted by Gasteiger charge is -2.35. The number of rotatable bonds is 4. The second-order valence-corrected chi connectivity index (χ2v) is 6.82. The number of benzene rings is 1. The van der Waals surface area contributed by atoms with Crippen LogP contribution in [-0.4, -0.2) is 29.6 Å². The molecule has 1 aromatic carbocycles. The van der Waals surface area contributed by atoms with Crippen molar-refractivity contribution in [3.8, 4) is 0 Å². The molecule has 0 radical (unpaired) electrons. The summed E-state index contributed by atoms with van der Waals surface area (Å²) < 4.78 is 5.84. The Hall–Kier alpha value is -1.47. The zero-order valence-corrected chi connectivity index (χ0v) is 14.3. The van der Waals surface area contributed by atoms with E-state index in [2.05, 4.69) is 21.2 Å². The van der Waals surface area contributed by atoms with Crippen molar-refractivity contribution in [2.45, 2.75) is 32.3 Å². The number of hydrogen-bond acceptors (Lipinski definition) is 4. The summed E-state index contributed by atoms with van der Waals surface area (Å²) in [5.74, 6) is -0.228. The number of nitro groups is 1. The molecule has 0 unspecified atom stereocenters. The van der Waals surface area contributed by atoms with Gasteiger partial charge in [0.15, 0.2) is 0 Å². The van der Waals surface area contributed by atoms with Crippen LogP contribution in [0.15, 0.2) is 22.7 Å². The van der Waals surface area contributed by atoms with Crippen LogP contribution in [0.25, 0.3) is 0 Å². The molecule has 1 aliphatic heterocycles. The number of halogens is 1. The lowest BCUT2D eigenvalue weighted by atomic mass is 9.83. The van der Waals surface area contributed by atoms with Crippen LogP contribution in [0.3, 0.4) is 0 Å². The van der Waals surface area contributed by atoms with E-state index in [0.717, 1.165) is 25.9 Å². The number of nitrogens with two attached hydrogens (primary N) is 1. The molecule has 22 heavy (non-hydrogen) atoms. The van der Waals surface area contributed by atoms with E-state index < -0.39 is 16.5 Å². The van der Waals surface area contributed by atoms with E-state index in [-0.39, 0.29) is 15.7 Å². The van der Waals surface area contributed by atoms with Crippen molar-refractivity contribution >= 4 is 27.6 Å². The highest BCUT2D eigenvalue weighted by Crippen LogP contribution is 2.32. The molecule has 6 nitrogen and oxygen atoms in total. The largest absolute Gasteiger partial charge is 0.456 e. The third-order valence-electron chi connectivity index (χ3n) is 4.17. The summed E-state index contributed by atoms with van der Waals surface area (Å²) >= 11 is 3.14. The SMILES string of the molecule is CC(C)(OC(=O)c1cccc([N+](=O)[O-])c1Br)C1CC[NH2+]CC1. The summed E-state index contributed by atoms with van der Waals surface area (Å²) in [6, 6.07) is 4.37. The maximum absolute atomic E-state index is 12.4. The molecule has 1 heterocycles. The van der Waals surface area contributed by atoms with Crippen LogP contribution in [0, 0.1) is 16.0 Å². The van der Waals surface area contributed by atoms with Crippen molar-refractivity contribution in [2.24, 2.45) is 5.92 Å². The van der Waals surface area contributed by atoms with Gasteiger partial charge in [-0.05, 0) is 35.8 Å². The number of ether oxygens (including phenoxy) is 1. The van der Waals surface area contributed by atoms with Gasteiger partial charge in [-0.1, -0.05) is 6.07 Å². The maximum Gasteiger partial charge on any atom is 0.340 e. The topological polar surface area (TPSA) is 86.0 Å². The van der Waals surface area contributed by atoms with Crippen molar-refractivity contribution in [3.05, 3.63) is 38.3 Å². The Bertz CT molecular complexity index is 583. The number of nitrogens with zero attached hydrogens (tertiary/aromatic N) is 1. The van der Waals surface area contributed by atoms with Gasteiger partial charge in [0.25, 0.3) is 5.69 Å². The molecule has 0 spiro atoms. The van der Waals surface area contributed by atoms with Gasteiger partial charge in [-0.3, -0.25) is 10.1 Å². The van der Waals surface area contributed by atoms with Crippen LogP contribution >= 0.6 is 15.9 Å². The van der Waals surface area contributed by atoms with Crippen LogP contribution in [0.4, 0.5) is 5.69 Å². The fraction of sp³-hybridized carbons (Fsp3) is 0.533. The first kappa shape index (κ1) is 16.9. The van der Waals surface area contributed by atoms with E-state index in [1.807, 2.05) is 13.8 Å². The Kier molecular flexibility index (Phi) is 5.18. The summed E-state index contributed by atoms with van der Waals surface area (Å²) in [6.07, 6.45) is 1.99. The highest BCUT2D eigenvalue weighted by molar-refractivity contribution is 9.10. The minimum absolute atomic E-state index is 0.139. The lowest BCUT2D eigenvalue weighted by molar-refractivity contribution is -0.665. The average Bonchev–Trinajstić information content (AvgIpc) is 2.47. The van der Waals surface area contributed by atoms with Gasteiger partial charge < -0.3 is 10.1 Å².